The van der Waals surface area contributed by atoms with E-state index in [1.54, 1.807) is 24.3 Å². The van der Waals surface area contributed by atoms with Crippen LogP contribution >= 0.6 is 0 Å². The van der Waals surface area contributed by atoms with Gasteiger partial charge < -0.3 is 4.90 Å². The summed E-state index contributed by atoms with van der Waals surface area (Å²) in [5, 5.41) is 11.4. The Morgan fingerprint density at radius 3 is 2.71 bits per heavy atom. The van der Waals surface area contributed by atoms with Gasteiger partial charge in [-0.3, -0.25) is 0 Å². The van der Waals surface area contributed by atoms with Crippen molar-refractivity contribution in [3.63, 3.8) is 0 Å². The molecule has 1 fully saturated rings. The van der Waals surface area contributed by atoms with Gasteiger partial charge in [-0.05, 0) is 30.2 Å². The summed E-state index contributed by atoms with van der Waals surface area (Å²) in [6.45, 7) is 1.27. The van der Waals surface area contributed by atoms with Crippen molar-refractivity contribution >= 4 is 11.5 Å². The van der Waals surface area contributed by atoms with Crippen LogP contribution in [-0.2, 0) is 0 Å². The van der Waals surface area contributed by atoms with E-state index in [4.69, 9.17) is 0 Å². The van der Waals surface area contributed by atoms with Crippen molar-refractivity contribution in [1.29, 1.82) is 0 Å². The molecule has 124 valence electrons. The highest BCUT2D eigenvalue weighted by molar-refractivity contribution is 5.47. The van der Waals surface area contributed by atoms with Crippen LogP contribution < -0.4 is 4.90 Å². The lowest BCUT2D eigenvalue weighted by molar-refractivity contribution is 0.137. The van der Waals surface area contributed by atoms with Crippen LogP contribution in [0.3, 0.4) is 0 Å². The first-order valence-corrected chi connectivity index (χ1v) is 7.63. The van der Waals surface area contributed by atoms with Crippen molar-refractivity contribution in [2.24, 2.45) is 0 Å². The van der Waals surface area contributed by atoms with Gasteiger partial charge in [0.2, 0.25) is 5.82 Å². The van der Waals surface area contributed by atoms with Gasteiger partial charge in [-0.2, -0.15) is 4.52 Å². The maximum absolute atomic E-state index is 13.9. The summed E-state index contributed by atoms with van der Waals surface area (Å²) in [5.74, 6) is -0.0783. The van der Waals surface area contributed by atoms with E-state index < -0.39 is 12.2 Å². The predicted molar refractivity (Wildman–Crippen MR) is 81.7 cm³/mol. The van der Waals surface area contributed by atoms with E-state index in [0.717, 1.165) is 10.9 Å². The number of benzene rings is 1. The maximum atomic E-state index is 13.9. The summed E-state index contributed by atoms with van der Waals surface area (Å²) in [4.78, 5) is 1.96. The molecule has 0 unspecified atom stereocenters. The third-order valence-electron chi connectivity index (χ3n) is 4.33. The minimum absolute atomic E-state index is 0.0548. The summed E-state index contributed by atoms with van der Waals surface area (Å²) in [6, 6.07) is 10.1. The fourth-order valence-electron chi connectivity index (χ4n) is 3.13. The van der Waals surface area contributed by atoms with E-state index in [0.29, 0.717) is 24.5 Å². The first-order valence-electron chi connectivity index (χ1n) is 7.63. The number of hydrogen-bond donors (Lipinski definition) is 0. The number of rotatable bonds is 3. The summed E-state index contributed by atoms with van der Waals surface area (Å²) in [5.41, 5.74) is 0.956. The Labute approximate surface area is 135 Å². The maximum Gasteiger partial charge on any atom is 0.299 e. The zero-order chi connectivity index (χ0) is 16.7. The van der Waals surface area contributed by atoms with E-state index in [9.17, 15) is 13.2 Å². The van der Waals surface area contributed by atoms with Crippen molar-refractivity contribution in [3.8, 4) is 0 Å². The second-order valence-electron chi connectivity index (χ2n) is 5.77. The fourth-order valence-corrected chi connectivity index (χ4v) is 3.13. The highest BCUT2D eigenvalue weighted by Crippen LogP contribution is 2.31. The Balaban J connectivity index is 1.62. The Morgan fingerprint density at radius 2 is 1.92 bits per heavy atom. The Hall–Kier alpha value is -2.64. The molecule has 0 saturated carbocycles. The molecule has 2 aromatic heterocycles. The molecule has 1 aliphatic rings. The Morgan fingerprint density at radius 1 is 1.08 bits per heavy atom. The zero-order valence-corrected chi connectivity index (χ0v) is 12.6. The number of hydrogen-bond acceptors (Lipinski definition) is 4. The van der Waals surface area contributed by atoms with Gasteiger partial charge in [-0.15, -0.1) is 15.3 Å². The van der Waals surface area contributed by atoms with Crippen LogP contribution in [0.2, 0.25) is 0 Å². The molecule has 1 aliphatic heterocycles. The summed E-state index contributed by atoms with van der Waals surface area (Å²) in [7, 11) is 0. The van der Waals surface area contributed by atoms with Crippen LogP contribution in [-0.4, -0.2) is 32.9 Å². The fraction of sp³-hybridized carbons (Fsp3) is 0.312. The number of alkyl halides is 2. The van der Waals surface area contributed by atoms with E-state index in [-0.39, 0.29) is 17.4 Å². The molecule has 0 aliphatic carbocycles. The first kappa shape index (κ1) is 14.9. The van der Waals surface area contributed by atoms with Crippen LogP contribution in [0.4, 0.5) is 19.0 Å². The number of aromatic nitrogens is 4. The van der Waals surface area contributed by atoms with Crippen molar-refractivity contribution in [3.05, 3.63) is 53.6 Å². The lowest BCUT2D eigenvalue weighted by Crippen LogP contribution is -2.21. The number of anilines is 1. The number of halogens is 3. The number of nitrogens with zero attached hydrogens (tertiary/aromatic N) is 5. The monoisotopic (exact) mass is 333 g/mol. The van der Waals surface area contributed by atoms with Crippen LogP contribution in [0.1, 0.15) is 30.2 Å². The van der Waals surface area contributed by atoms with Crippen molar-refractivity contribution < 1.29 is 13.2 Å². The average Bonchev–Trinajstić information content (AvgIpc) is 3.21. The lowest BCUT2D eigenvalue weighted by atomic mass is 9.98. The lowest BCUT2D eigenvalue weighted by Gasteiger charge is -2.17. The van der Waals surface area contributed by atoms with Crippen LogP contribution in [0.15, 0.2) is 36.4 Å². The zero-order valence-electron chi connectivity index (χ0n) is 12.6. The first-order chi connectivity index (χ1) is 11.6. The Bertz CT molecular complexity index is 879. The highest BCUT2D eigenvalue weighted by atomic mass is 19.3. The van der Waals surface area contributed by atoms with Crippen LogP contribution in [0, 0.1) is 5.82 Å². The minimum Gasteiger partial charge on any atom is -0.355 e. The highest BCUT2D eigenvalue weighted by Gasteiger charge is 2.27. The molecule has 3 aromatic rings. The number of fused-ring (bicyclic) bond motifs is 1. The van der Waals surface area contributed by atoms with E-state index in [1.165, 1.54) is 6.07 Å². The van der Waals surface area contributed by atoms with Gasteiger partial charge in [-0.25, -0.2) is 13.2 Å². The van der Waals surface area contributed by atoms with Gasteiger partial charge in [0, 0.05) is 19.0 Å². The second-order valence-corrected chi connectivity index (χ2v) is 5.77. The van der Waals surface area contributed by atoms with Crippen LogP contribution in [0.25, 0.3) is 5.65 Å². The van der Waals surface area contributed by atoms with Crippen molar-refractivity contribution in [2.75, 3.05) is 18.0 Å². The molecule has 4 rings (SSSR count). The van der Waals surface area contributed by atoms with Crippen molar-refractivity contribution in [1.82, 2.24) is 19.8 Å². The van der Waals surface area contributed by atoms with Gasteiger partial charge in [0.15, 0.2) is 5.65 Å². The molecule has 1 atom stereocenters. The molecule has 0 radical (unpaired) electrons. The minimum atomic E-state index is -2.74. The molecule has 24 heavy (non-hydrogen) atoms. The molecule has 0 amide bonds. The molecular formula is C16H14F3N5. The van der Waals surface area contributed by atoms with E-state index in [2.05, 4.69) is 15.3 Å². The summed E-state index contributed by atoms with van der Waals surface area (Å²) < 4.78 is 40.9. The normalized spacial score (nSPS) is 18.0. The summed E-state index contributed by atoms with van der Waals surface area (Å²) >= 11 is 0. The van der Waals surface area contributed by atoms with Gasteiger partial charge in [0.1, 0.15) is 11.6 Å². The molecule has 1 saturated heterocycles. The van der Waals surface area contributed by atoms with E-state index >= 15 is 0 Å². The standard InChI is InChI=1S/C16H14F3N5/c17-12-4-2-1-3-11(12)10-7-8-23(9-10)14-6-5-13-20-21-16(15(18)19)24(13)22-14/h1-6,10,15H,7-9H2/t10-/m1/s1. The Kier molecular flexibility index (Phi) is 3.59. The quantitative estimate of drug-likeness (QED) is 0.738. The topological polar surface area (TPSA) is 46.3 Å². The molecule has 8 heteroatoms. The largest absolute Gasteiger partial charge is 0.355 e. The summed E-state index contributed by atoms with van der Waals surface area (Å²) in [6.07, 6.45) is -1.96. The smallest absolute Gasteiger partial charge is 0.299 e. The molecule has 3 heterocycles. The molecule has 0 spiro atoms. The van der Waals surface area contributed by atoms with Gasteiger partial charge in [-0.1, -0.05) is 18.2 Å². The molecular weight excluding hydrogens is 319 g/mol. The third kappa shape index (κ3) is 2.47. The van der Waals surface area contributed by atoms with Crippen LogP contribution in [0.5, 0.6) is 0 Å². The third-order valence-corrected chi connectivity index (χ3v) is 4.33. The molecule has 1 aromatic carbocycles. The average molecular weight is 333 g/mol. The van der Waals surface area contributed by atoms with Crippen molar-refractivity contribution in [2.45, 2.75) is 18.8 Å². The molecule has 0 N–H and O–H groups in total. The van der Waals surface area contributed by atoms with E-state index in [1.807, 2.05) is 11.0 Å². The SMILES string of the molecule is Fc1ccccc1[C@@H]1CCN(c2ccc3nnc(C(F)F)n3n2)C1. The molecule has 0 bridgehead atoms. The van der Waals surface area contributed by atoms with Gasteiger partial charge >= 0.3 is 0 Å². The second kappa shape index (κ2) is 5.77. The van der Waals surface area contributed by atoms with Gasteiger partial charge in [0.25, 0.3) is 6.43 Å². The molecule has 5 nitrogen and oxygen atoms in total. The van der Waals surface area contributed by atoms with Gasteiger partial charge in [0.05, 0.1) is 0 Å². The predicted octanol–water partition coefficient (Wildman–Crippen LogP) is 3.19.